The number of ether oxygens (including phenoxy) is 2. The predicted molar refractivity (Wildman–Crippen MR) is 112 cm³/mol. The summed E-state index contributed by atoms with van der Waals surface area (Å²) >= 11 is 0. The van der Waals surface area contributed by atoms with Crippen molar-refractivity contribution in [2.24, 2.45) is 0 Å². The smallest absolute Gasteiger partial charge is 0.310 e. The van der Waals surface area contributed by atoms with E-state index in [1.165, 1.54) is 11.1 Å². The van der Waals surface area contributed by atoms with Gasteiger partial charge in [0, 0.05) is 12.8 Å². The summed E-state index contributed by atoms with van der Waals surface area (Å²) in [6, 6.07) is 15.3. The van der Waals surface area contributed by atoms with Gasteiger partial charge in [0.15, 0.2) is 0 Å². The summed E-state index contributed by atoms with van der Waals surface area (Å²) in [6.45, 7) is 7.81. The van der Waals surface area contributed by atoms with Crippen molar-refractivity contribution in [1.29, 1.82) is 0 Å². The summed E-state index contributed by atoms with van der Waals surface area (Å²) in [4.78, 5) is 22.9. The van der Waals surface area contributed by atoms with Crippen LogP contribution < -0.4 is 9.47 Å². The summed E-state index contributed by atoms with van der Waals surface area (Å²) in [5, 5.41) is 0. The first-order valence-corrected chi connectivity index (χ1v) is 9.86. The summed E-state index contributed by atoms with van der Waals surface area (Å²) in [5.41, 5.74) is 4.71. The molecular weight excluding hydrogens is 352 g/mol. The van der Waals surface area contributed by atoms with Gasteiger partial charge in [-0.1, -0.05) is 52.0 Å². The standard InChI is InChI=1S/C24H28O4/c1-5-21(17-9-13-19(14-10-17)27-23(25)7-3)22(6-2)18-11-15-20(16-12-18)28-24(26)8-4/h9-16H,5-8H2,1-4H3/b22-21-. The number of hydrogen-bond acceptors (Lipinski definition) is 4. The zero-order valence-corrected chi connectivity index (χ0v) is 17.1. The Labute approximate surface area is 167 Å². The zero-order chi connectivity index (χ0) is 20.5. The molecule has 0 bridgehead atoms. The van der Waals surface area contributed by atoms with E-state index < -0.39 is 0 Å². The highest BCUT2D eigenvalue weighted by Gasteiger charge is 2.11. The first-order chi connectivity index (χ1) is 13.5. The monoisotopic (exact) mass is 380 g/mol. The second kappa shape index (κ2) is 10.5. The molecule has 0 heterocycles. The minimum atomic E-state index is -0.239. The maximum absolute atomic E-state index is 11.4. The van der Waals surface area contributed by atoms with Gasteiger partial charge in [-0.3, -0.25) is 9.59 Å². The van der Waals surface area contributed by atoms with Crippen LogP contribution in [-0.2, 0) is 9.59 Å². The van der Waals surface area contributed by atoms with Crippen molar-refractivity contribution in [3.05, 3.63) is 59.7 Å². The van der Waals surface area contributed by atoms with Crippen LogP contribution in [0.2, 0.25) is 0 Å². The minimum Gasteiger partial charge on any atom is -0.427 e. The molecule has 0 amide bonds. The van der Waals surface area contributed by atoms with Crippen LogP contribution in [0.1, 0.15) is 64.5 Å². The lowest BCUT2D eigenvalue weighted by Gasteiger charge is -2.15. The SMILES string of the molecule is CCC(=O)Oc1ccc(/C(CC)=C(/CC)c2ccc(OC(=O)CC)cc2)cc1. The normalized spacial score (nSPS) is 11.6. The average molecular weight is 380 g/mol. The molecule has 2 rings (SSSR count). The van der Waals surface area contributed by atoms with E-state index in [0.29, 0.717) is 24.3 Å². The van der Waals surface area contributed by atoms with Gasteiger partial charge < -0.3 is 9.47 Å². The number of carbonyl (C=O) groups is 2. The van der Waals surface area contributed by atoms with E-state index in [4.69, 9.17) is 9.47 Å². The lowest BCUT2D eigenvalue weighted by molar-refractivity contribution is -0.134. The van der Waals surface area contributed by atoms with Crippen LogP contribution >= 0.6 is 0 Å². The number of rotatable bonds is 8. The Balaban J connectivity index is 2.31. The van der Waals surface area contributed by atoms with Gasteiger partial charge >= 0.3 is 11.9 Å². The lowest BCUT2D eigenvalue weighted by atomic mass is 9.91. The van der Waals surface area contributed by atoms with Crippen molar-refractivity contribution in [3.8, 4) is 11.5 Å². The maximum Gasteiger partial charge on any atom is 0.310 e. The van der Waals surface area contributed by atoms with Gasteiger partial charge in [-0.05, 0) is 59.4 Å². The molecule has 0 N–H and O–H groups in total. The quantitative estimate of drug-likeness (QED) is 0.318. The molecule has 4 heteroatoms. The van der Waals surface area contributed by atoms with Crippen molar-refractivity contribution in [3.63, 3.8) is 0 Å². The Morgan fingerprint density at radius 3 is 1.14 bits per heavy atom. The fraction of sp³-hybridized carbons (Fsp3) is 0.333. The molecule has 0 unspecified atom stereocenters. The van der Waals surface area contributed by atoms with Crippen LogP contribution in [0.25, 0.3) is 11.1 Å². The number of hydrogen-bond donors (Lipinski definition) is 0. The Hall–Kier alpha value is -2.88. The summed E-state index contributed by atoms with van der Waals surface area (Å²) in [7, 11) is 0. The highest BCUT2D eigenvalue weighted by atomic mass is 16.5. The molecule has 2 aromatic carbocycles. The van der Waals surface area contributed by atoms with Gasteiger partial charge in [0.2, 0.25) is 0 Å². The molecule has 0 aliphatic carbocycles. The molecule has 148 valence electrons. The van der Waals surface area contributed by atoms with E-state index in [2.05, 4.69) is 13.8 Å². The molecule has 0 spiro atoms. The van der Waals surface area contributed by atoms with Crippen molar-refractivity contribution < 1.29 is 19.1 Å². The van der Waals surface area contributed by atoms with Gasteiger partial charge in [0.1, 0.15) is 11.5 Å². The fourth-order valence-corrected chi connectivity index (χ4v) is 3.04. The Morgan fingerprint density at radius 2 is 0.893 bits per heavy atom. The van der Waals surface area contributed by atoms with Gasteiger partial charge in [-0.25, -0.2) is 0 Å². The molecule has 0 aliphatic rings. The third-order valence-corrected chi connectivity index (χ3v) is 4.52. The molecule has 4 nitrogen and oxygen atoms in total. The Morgan fingerprint density at radius 1 is 0.571 bits per heavy atom. The van der Waals surface area contributed by atoms with Crippen LogP contribution in [0.15, 0.2) is 48.5 Å². The Bertz CT molecular complexity index is 758. The van der Waals surface area contributed by atoms with Crippen LogP contribution in [-0.4, -0.2) is 11.9 Å². The first kappa shape index (κ1) is 21.4. The van der Waals surface area contributed by atoms with E-state index in [9.17, 15) is 9.59 Å². The molecule has 2 aromatic rings. The largest absolute Gasteiger partial charge is 0.427 e. The van der Waals surface area contributed by atoms with Crippen LogP contribution in [0.3, 0.4) is 0 Å². The average Bonchev–Trinajstić information content (AvgIpc) is 2.73. The van der Waals surface area contributed by atoms with Gasteiger partial charge in [-0.2, -0.15) is 0 Å². The topological polar surface area (TPSA) is 52.6 Å². The molecule has 0 aromatic heterocycles. The van der Waals surface area contributed by atoms with E-state index in [-0.39, 0.29) is 11.9 Å². The van der Waals surface area contributed by atoms with Gasteiger partial charge in [0.05, 0.1) is 0 Å². The second-order valence-electron chi connectivity index (χ2n) is 6.37. The van der Waals surface area contributed by atoms with Crippen LogP contribution in [0.4, 0.5) is 0 Å². The predicted octanol–water partition coefficient (Wildman–Crippen LogP) is 6.05. The Kier molecular flexibility index (Phi) is 8.00. The van der Waals surface area contributed by atoms with Crippen LogP contribution in [0, 0.1) is 0 Å². The van der Waals surface area contributed by atoms with Gasteiger partial charge in [-0.15, -0.1) is 0 Å². The maximum atomic E-state index is 11.4. The van der Waals surface area contributed by atoms with E-state index in [0.717, 1.165) is 24.0 Å². The molecular formula is C24H28O4. The number of esters is 2. The summed E-state index contributed by atoms with van der Waals surface area (Å²) in [5.74, 6) is 0.645. The van der Waals surface area contributed by atoms with Gasteiger partial charge in [0.25, 0.3) is 0 Å². The molecule has 0 atom stereocenters. The lowest BCUT2D eigenvalue weighted by Crippen LogP contribution is -2.05. The molecule has 0 saturated heterocycles. The summed E-state index contributed by atoms with van der Waals surface area (Å²) < 4.78 is 10.5. The van der Waals surface area contributed by atoms with E-state index >= 15 is 0 Å². The third kappa shape index (κ3) is 5.56. The highest BCUT2D eigenvalue weighted by Crippen LogP contribution is 2.33. The highest BCUT2D eigenvalue weighted by molar-refractivity contribution is 5.91. The number of allylic oxidation sites excluding steroid dienone is 2. The van der Waals surface area contributed by atoms with E-state index in [1.54, 1.807) is 13.8 Å². The van der Waals surface area contributed by atoms with Crippen molar-refractivity contribution in [1.82, 2.24) is 0 Å². The molecule has 28 heavy (non-hydrogen) atoms. The molecule has 0 fully saturated rings. The minimum absolute atomic E-state index is 0.239. The first-order valence-electron chi connectivity index (χ1n) is 9.86. The van der Waals surface area contributed by atoms with Crippen LogP contribution in [0.5, 0.6) is 11.5 Å². The fourth-order valence-electron chi connectivity index (χ4n) is 3.04. The summed E-state index contributed by atoms with van der Waals surface area (Å²) in [6.07, 6.45) is 2.46. The van der Waals surface area contributed by atoms with Crippen molar-refractivity contribution >= 4 is 23.1 Å². The molecule has 0 radical (unpaired) electrons. The third-order valence-electron chi connectivity index (χ3n) is 4.52. The van der Waals surface area contributed by atoms with Crippen molar-refractivity contribution in [2.45, 2.75) is 53.4 Å². The number of benzene rings is 2. The zero-order valence-electron chi connectivity index (χ0n) is 17.1. The van der Waals surface area contributed by atoms with Crippen molar-refractivity contribution in [2.75, 3.05) is 0 Å². The second-order valence-corrected chi connectivity index (χ2v) is 6.37. The van der Waals surface area contributed by atoms with E-state index in [1.807, 2.05) is 48.5 Å². The number of carbonyl (C=O) groups excluding carboxylic acids is 2. The molecule has 0 aliphatic heterocycles. The molecule has 0 saturated carbocycles.